The molecule has 0 spiro atoms. The van der Waals surface area contributed by atoms with Gasteiger partial charge in [-0.15, -0.1) is 0 Å². The summed E-state index contributed by atoms with van der Waals surface area (Å²) in [5, 5.41) is 28.2. The summed E-state index contributed by atoms with van der Waals surface area (Å²) in [7, 11) is 0. The van der Waals surface area contributed by atoms with Gasteiger partial charge < -0.3 is 15.3 Å². The highest BCUT2D eigenvalue weighted by Gasteiger charge is 2.24. The third-order valence-electron chi connectivity index (χ3n) is 4.58. The van der Waals surface area contributed by atoms with Crippen LogP contribution in [0, 0.1) is 0 Å². The number of phenols is 1. The molecule has 0 aromatic heterocycles. The van der Waals surface area contributed by atoms with Gasteiger partial charge >= 0.3 is 0 Å². The second kappa shape index (κ2) is 9.13. The number of aliphatic hydroxyl groups excluding tert-OH is 2. The fourth-order valence-corrected chi connectivity index (χ4v) is 3.31. The third-order valence-corrected chi connectivity index (χ3v) is 4.58. The number of hydrogen-bond acceptors (Lipinski definition) is 4. The highest BCUT2D eigenvalue weighted by molar-refractivity contribution is 5.27. The lowest BCUT2D eigenvalue weighted by atomic mass is 9.91. The van der Waals surface area contributed by atoms with Gasteiger partial charge in [-0.3, -0.25) is 4.90 Å². The van der Waals surface area contributed by atoms with E-state index in [0.717, 1.165) is 63.6 Å². The largest absolute Gasteiger partial charge is 0.508 e. The minimum atomic E-state index is -0.131. The van der Waals surface area contributed by atoms with Gasteiger partial charge in [0.05, 0.1) is 6.10 Å². The van der Waals surface area contributed by atoms with Crippen molar-refractivity contribution in [3.63, 3.8) is 0 Å². The van der Waals surface area contributed by atoms with Crippen molar-refractivity contribution < 1.29 is 15.3 Å². The minimum absolute atomic E-state index is 0.131. The lowest BCUT2D eigenvalue weighted by Crippen LogP contribution is -2.39. The number of aromatic hydroxyl groups is 1. The van der Waals surface area contributed by atoms with Crippen LogP contribution in [0.3, 0.4) is 0 Å². The van der Waals surface area contributed by atoms with Crippen LogP contribution in [0.2, 0.25) is 0 Å². The summed E-state index contributed by atoms with van der Waals surface area (Å²) < 4.78 is 0. The monoisotopic (exact) mass is 307 g/mol. The molecule has 4 heteroatoms. The molecule has 22 heavy (non-hydrogen) atoms. The fourth-order valence-electron chi connectivity index (χ4n) is 3.31. The predicted molar refractivity (Wildman–Crippen MR) is 87.7 cm³/mol. The standard InChI is InChI=1S/C18H29NO3/c20-12-3-1-2-11-19(16-7-9-17(21)10-8-16)14-15-5-4-6-18(22)13-15/h4-6,13,16-17,20-22H,1-3,7-12,14H2. The van der Waals surface area contributed by atoms with Crippen LogP contribution in [-0.2, 0) is 6.54 Å². The zero-order valence-electron chi connectivity index (χ0n) is 13.3. The topological polar surface area (TPSA) is 63.9 Å². The molecule has 0 unspecified atom stereocenters. The second-order valence-corrected chi connectivity index (χ2v) is 6.39. The van der Waals surface area contributed by atoms with Gasteiger partial charge in [-0.25, -0.2) is 0 Å². The van der Waals surface area contributed by atoms with Gasteiger partial charge in [-0.2, -0.15) is 0 Å². The first-order valence-electron chi connectivity index (χ1n) is 8.50. The van der Waals surface area contributed by atoms with Gasteiger partial charge in [0.1, 0.15) is 5.75 Å². The van der Waals surface area contributed by atoms with Crippen LogP contribution in [0.4, 0.5) is 0 Å². The normalized spacial score (nSPS) is 22.1. The van der Waals surface area contributed by atoms with E-state index in [-0.39, 0.29) is 12.7 Å². The van der Waals surface area contributed by atoms with Gasteiger partial charge in [0.25, 0.3) is 0 Å². The maximum atomic E-state index is 9.70. The molecular formula is C18H29NO3. The summed E-state index contributed by atoms with van der Waals surface area (Å²) >= 11 is 0. The van der Waals surface area contributed by atoms with Crippen molar-refractivity contribution in [1.82, 2.24) is 4.90 Å². The molecule has 0 heterocycles. The maximum Gasteiger partial charge on any atom is 0.115 e. The number of aliphatic hydroxyl groups is 2. The quantitative estimate of drug-likeness (QED) is 0.646. The number of nitrogens with zero attached hydrogens (tertiary/aromatic N) is 1. The summed E-state index contributed by atoms with van der Waals surface area (Å²) in [6, 6.07) is 7.99. The van der Waals surface area contributed by atoms with E-state index >= 15 is 0 Å². The van der Waals surface area contributed by atoms with Crippen LogP contribution < -0.4 is 0 Å². The van der Waals surface area contributed by atoms with Gasteiger partial charge in [0.15, 0.2) is 0 Å². The molecule has 0 amide bonds. The highest BCUT2D eigenvalue weighted by atomic mass is 16.3. The van der Waals surface area contributed by atoms with E-state index in [1.54, 1.807) is 6.07 Å². The average molecular weight is 307 g/mol. The van der Waals surface area contributed by atoms with Crippen molar-refractivity contribution in [3.05, 3.63) is 29.8 Å². The molecule has 1 fully saturated rings. The Morgan fingerprint density at radius 2 is 1.82 bits per heavy atom. The first-order chi connectivity index (χ1) is 10.7. The summed E-state index contributed by atoms with van der Waals surface area (Å²) in [4.78, 5) is 2.48. The van der Waals surface area contributed by atoms with Crippen molar-refractivity contribution in [2.75, 3.05) is 13.2 Å². The first kappa shape index (κ1) is 17.3. The van der Waals surface area contributed by atoms with Crippen LogP contribution in [0.1, 0.15) is 50.5 Å². The SMILES string of the molecule is OCCCCCN(Cc1cccc(O)c1)C1CCC(O)CC1. The smallest absolute Gasteiger partial charge is 0.115 e. The Balaban J connectivity index is 1.94. The Hall–Kier alpha value is -1.10. The van der Waals surface area contributed by atoms with Crippen LogP contribution >= 0.6 is 0 Å². The zero-order chi connectivity index (χ0) is 15.8. The lowest BCUT2D eigenvalue weighted by molar-refractivity contribution is 0.0690. The van der Waals surface area contributed by atoms with E-state index < -0.39 is 0 Å². The molecule has 1 aromatic carbocycles. The predicted octanol–water partition coefficient (Wildman–Crippen LogP) is 2.66. The second-order valence-electron chi connectivity index (χ2n) is 6.39. The molecule has 0 radical (unpaired) electrons. The van der Waals surface area contributed by atoms with Crippen LogP contribution in [0.15, 0.2) is 24.3 Å². The molecular weight excluding hydrogens is 278 g/mol. The molecule has 3 N–H and O–H groups in total. The van der Waals surface area contributed by atoms with Gasteiger partial charge in [0, 0.05) is 19.2 Å². The lowest BCUT2D eigenvalue weighted by Gasteiger charge is -2.36. The van der Waals surface area contributed by atoms with E-state index in [4.69, 9.17) is 5.11 Å². The third kappa shape index (κ3) is 5.59. The first-order valence-corrected chi connectivity index (χ1v) is 8.50. The number of phenolic OH excluding ortho intramolecular Hbond substituents is 1. The molecule has 4 nitrogen and oxygen atoms in total. The number of unbranched alkanes of at least 4 members (excludes halogenated alkanes) is 2. The van der Waals surface area contributed by atoms with Crippen molar-refractivity contribution in [2.24, 2.45) is 0 Å². The van der Waals surface area contributed by atoms with Crippen molar-refractivity contribution in [3.8, 4) is 5.75 Å². The molecule has 0 aliphatic heterocycles. The van der Waals surface area contributed by atoms with E-state index in [0.29, 0.717) is 11.8 Å². The average Bonchev–Trinajstić information content (AvgIpc) is 2.51. The molecule has 1 aliphatic rings. The zero-order valence-corrected chi connectivity index (χ0v) is 13.3. The van der Waals surface area contributed by atoms with Crippen molar-refractivity contribution in [1.29, 1.82) is 0 Å². The molecule has 1 saturated carbocycles. The van der Waals surface area contributed by atoms with Gasteiger partial charge in [0.2, 0.25) is 0 Å². The molecule has 124 valence electrons. The molecule has 0 atom stereocenters. The highest BCUT2D eigenvalue weighted by Crippen LogP contribution is 2.25. The Morgan fingerprint density at radius 1 is 1.05 bits per heavy atom. The number of benzene rings is 1. The maximum absolute atomic E-state index is 9.70. The Morgan fingerprint density at radius 3 is 2.50 bits per heavy atom. The van der Waals surface area contributed by atoms with Crippen LogP contribution in [-0.4, -0.2) is 45.5 Å². The number of hydrogen-bond donors (Lipinski definition) is 3. The molecule has 2 rings (SSSR count). The van der Waals surface area contributed by atoms with Crippen molar-refractivity contribution in [2.45, 2.75) is 63.6 Å². The van der Waals surface area contributed by atoms with Crippen LogP contribution in [0.25, 0.3) is 0 Å². The summed E-state index contributed by atoms with van der Waals surface area (Å²) in [5.74, 6) is 0.316. The Bertz CT molecular complexity index is 430. The van der Waals surface area contributed by atoms with E-state index in [2.05, 4.69) is 11.0 Å². The summed E-state index contributed by atoms with van der Waals surface area (Å²) in [5.41, 5.74) is 1.13. The van der Waals surface area contributed by atoms with Gasteiger partial charge in [-0.1, -0.05) is 12.1 Å². The number of rotatable bonds is 8. The Kier molecular flexibility index (Phi) is 7.16. The fraction of sp³-hybridized carbons (Fsp3) is 0.667. The van der Waals surface area contributed by atoms with E-state index in [1.807, 2.05) is 12.1 Å². The summed E-state index contributed by atoms with van der Waals surface area (Å²) in [6.45, 7) is 2.12. The minimum Gasteiger partial charge on any atom is -0.508 e. The van der Waals surface area contributed by atoms with Crippen molar-refractivity contribution >= 4 is 0 Å². The molecule has 1 aromatic rings. The molecule has 1 aliphatic carbocycles. The van der Waals surface area contributed by atoms with E-state index in [9.17, 15) is 10.2 Å². The van der Waals surface area contributed by atoms with E-state index in [1.165, 1.54) is 0 Å². The summed E-state index contributed by atoms with van der Waals surface area (Å²) in [6.07, 6.45) is 6.72. The molecule has 0 saturated heterocycles. The van der Waals surface area contributed by atoms with Crippen LogP contribution in [0.5, 0.6) is 5.75 Å². The van der Waals surface area contributed by atoms with Gasteiger partial charge in [-0.05, 0) is 69.2 Å². The molecule has 0 bridgehead atoms. The Labute approximate surface area is 133 Å².